The second-order valence-electron chi connectivity index (χ2n) is 6.25. The molecule has 0 aliphatic carbocycles. The first kappa shape index (κ1) is 24.8. The summed E-state index contributed by atoms with van der Waals surface area (Å²) in [5.74, 6) is 2.91. The number of nitrogens with zero attached hydrogens (tertiary/aromatic N) is 2. The summed E-state index contributed by atoms with van der Waals surface area (Å²) < 4.78 is 16.3. The molecule has 2 rings (SSSR count). The van der Waals surface area contributed by atoms with E-state index in [2.05, 4.69) is 27.5 Å². The Kier molecular flexibility index (Phi) is 11.2. The van der Waals surface area contributed by atoms with E-state index in [0.717, 1.165) is 29.0 Å². The lowest BCUT2D eigenvalue weighted by Crippen LogP contribution is -2.38. The lowest BCUT2D eigenvalue weighted by Gasteiger charge is -2.21. The van der Waals surface area contributed by atoms with Crippen LogP contribution in [0.25, 0.3) is 0 Å². The maximum atomic E-state index is 5.51. The molecular weight excluding hydrogens is 483 g/mol. The second kappa shape index (κ2) is 13.1. The summed E-state index contributed by atoms with van der Waals surface area (Å²) in [6, 6.07) is 9.58. The van der Waals surface area contributed by atoms with Crippen molar-refractivity contribution in [3.63, 3.8) is 0 Å². The molecule has 2 N–H and O–H groups in total. The molecule has 29 heavy (non-hydrogen) atoms. The molecule has 0 radical (unpaired) electrons. The zero-order valence-corrected chi connectivity index (χ0v) is 20.0. The molecule has 0 amide bonds. The largest absolute Gasteiger partial charge is 0.497 e. The van der Waals surface area contributed by atoms with Crippen LogP contribution in [0.3, 0.4) is 0 Å². The van der Waals surface area contributed by atoms with E-state index < -0.39 is 0 Å². The number of halogens is 1. The number of guanidine groups is 1. The number of nitrogens with one attached hydrogen (secondary N) is 2. The molecule has 160 valence electrons. The summed E-state index contributed by atoms with van der Waals surface area (Å²) >= 11 is 0. The summed E-state index contributed by atoms with van der Waals surface area (Å²) in [4.78, 5) is 8.62. The highest BCUT2D eigenvalue weighted by Crippen LogP contribution is 2.29. The van der Waals surface area contributed by atoms with Gasteiger partial charge in [-0.1, -0.05) is 13.0 Å². The molecule has 1 aromatic carbocycles. The first-order valence-electron chi connectivity index (χ1n) is 9.38. The molecule has 1 atom stereocenters. The Morgan fingerprint density at radius 3 is 2.55 bits per heavy atom. The van der Waals surface area contributed by atoms with Gasteiger partial charge in [0.2, 0.25) is 5.88 Å². The van der Waals surface area contributed by atoms with E-state index in [1.165, 1.54) is 0 Å². The average Bonchev–Trinajstić information content (AvgIpc) is 2.75. The molecule has 0 spiro atoms. The van der Waals surface area contributed by atoms with Crippen molar-refractivity contribution in [1.82, 2.24) is 15.6 Å². The molecular formula is C21H31IN4O3. The summed E-state index contributed by atoms with van der Waals surface area (Å²) in [6.07, 6.45) is 2.77. The molecule has 1 unspecified atom stereocenters. The van der Waals surface area contributed by atoms with Gasteiger partial charge < -0.3 is 24.8 Å². The van der Waals surface area contributed by atoms with Crippen LogP contribution in [0.2, 0.25) is 0 Å². The molecule has 0 aliphatic rings. The molecule has 1 heterocycles. The summed E-state index contributed by atoms with van der Waals surface area (Å²) in [6.45, 7) is 5.39. The quantitative estimate of drug-likeness (QED) is 0.300. The number of ether oxygens (including phenoxy) is 3. The standard InChI is InChI=1S/C21H30N4O3.HI/c1-6-11-28-20-10-7-16(13-23-20)14-24-21(22-3)25-15(2)18-12-17(26-4)8-9-19(18)27-5;/h7-10,12-13,15H,6,11,14H2,1-5H3,(H2,22,24,25);1H. The highest BCUT2D eigenvalue weighted by molar-refractivity contribution is 14.0. The van der Waals surface area contributed by atoms with Gasteiger partial charge >= 0.3 is 0 Å². The smallest absolute Gasteiger partial charge is 0.213 e. The number of aliphatic imine (C=N–C) groups is 1. The van der Waals surface area contributed by atoms with Crippen LogP contribution in [-0.2, 0) is 6.54 Å². The predicted octanol–water partition coefficient (Wildman–Crippen LogP) is 3.93. The number of hydrogen-bond donors (Lipinski definition) is 2. The van der Waals surface area contributed by atoms with Gasteiger partial charge in [-0.05, 0) is 37.1 Å². The SMILES string of the molecule is CCCOc1ccc(CNC(=NC)NC(C)c2cc(OC)ccc2OC)cn1.I. The maximum absolute atomic E-state index is 5.51. The van der Waals surface area contributed by atoms with Crippen molar-refractivity contribution < 1.29 is 14.2 Å². The molecule has 0 bridgehead atoms. The van der Waals surface area contributed by atoms with Crippen molar-refractivity contribution in [2.45, 2.75) is 32.9 Å². The third kappa shape index (κ3) is 7.60. The summed E-state index contributed by atoms with van der Waals surface area (Å²) in [5.41, 5.74) is 2.03. The van der Waals surface area contributed by atoms with Gasteiger partial charge in [0.1, 0.15) is 11.5 Å². The van der Waals surface area contributed by atoms with Crippen LogP contribution >= 0.6 is 24.0 Å². The first-order valence-corrected chi connectivity index (χ1v) is 9.38. The van der Waals surface area contributed by atoms with Crippen LogP contribution in [0.1, 0.15) is 37.4 Å². The molecule has 8 heteroatoms. The fourth-order valence-electron chi connectivity index (χ4n) is 2.65. The number of rotatable bonds is 9. The number of pyridine rings is 1. The molecule has 7 nitrogen and oxygen atoms in total. The molecule has 0 aliphatic heterocycles. The Bertz CT molecular complexity index is 769. The Balaban J connectivity index is 0.00000420. The zero-order valence-electron chi connectivity index (χ0n) is 17.7. The minimum atomic E-state index is -0.0285. The van der Waals surface area contributed by atoms with Crippen molar-refractivity contribution in [3.8, 4) is 17.4 Å². The maximum Gasteiger partial charge on any atom is 0.213 e. The van der Waals surface area contributed by atoms with Gasteiger partial charge in [0.15, 0.2) is 5.96 Å². The van der Waals surface area contributed by atoms with Crippen molar-refractivity contribution in [1.29, 1.82) is 0 Å². The zero-order chi connectivity index (χ0) is 20.4. The Morgan fingerprint density at radius 2 is 1.97 bits per heavy atom. The van der Waals surface area contributed by atoms with Crippen LogP contribution in [0, 0.1) is 0 Å². The third-order valence-electron chi connectivity index (χ3n) is 4.19. The van der Waals surface area contributed by atoms with Crippen LogP contribution < -0.4 is 24.8 Å². The second-order valence-corrected chi connectivity index (χ2v) is 6.25. The normalized spacial score (nSPS) is 11.8. The fraction of sp³-hybridized carbons (Fsp3) is 0.429. The third-order valence-corrected chi connectivity index (χ3v) is 4.19. The number of benzene rings is 1. The van der Waals surface area contributed by atoms with Gasteiger partial charge in [0, 0.05) is 31.4 Å². The van der Waals surface area contributed by atoms with Crippen LogP contribution in [-0.4, -0.2) is 38.8 Å². The van der Waals surface area contributed by atoms with E-state index in [1.54, 1.807) is 27.5 Å². The molecule has 2 aromatic rings. The lowest BCUT2D eigenvalue weighted by atomic mass is 10.1. The fourth-order valence-corrected chi connectivity index (χ4v) is 2.65. The van der Waals surface area contributed by atoms with Crippen LogP contribution in [0.15, 0.2) is 41.5 Å². The van der Waals surface area contributed by atoms with E-state index in [9.17, 15) is 0 Å². The van der Waals surface area contributed by atoms with Crippen LogP contribution in [0.4, 0.5) is 0 Å². The minimum Gasteiger partial charge on any atom is -0.497 e. The van der Waals surface area contributed by atoms with Crippen molar-refractivity contribution >= 4 is 29.9 Å². The topological polar surface area (TPSA) is 77.0 Å². The Morgan fingerprint density at radius 1 is 1.17 bits per heavy atom. The molecule has 0 fully saturated rings. The molecule has 0 saturated heterocycles. The van der Waals surface area contributed by atoms with Gasteiger partial charge in [0.05, 0.1) is 26.9 Å². The van der Waals surface area contributed by atoms with E-state index in [4.69, 9.17) is 14.2 Å². The van der Waals surface area contributed by atoms with Crippen molar-refractivity contribution in [3.05, 3.63) is 47.7 Å². The average molecular weight is 514 g/mol. The van der Waals surface area contributed by atoms with Gasteiger partial charge in [-0.25, -0.2) is 4.98 Å². The Labute approximate surface area is 190 Å². The van der Waals surface area contributed by atoms with Gasteiger partial charge in [-0.3, -0.25) is 4.99 Å². The van der Waals surface area contributed by atoms with E-state index in [-0.39, 0.29) is 30.0 Å². The minimum absolute atomic E-state index is 0. The molecule has 1 aromatic heterocycles. The van der Waals surface area contributed by atoms with Crippen LogP contribution in [0.5, 0.6) is 17.4 Å². The summed E-state index contributed by atoms with van der Waals surface area (Å²) in [7, 11) is 5.05. The monoisotopic (exact) mass is 514 g/mol. The van der Waals surface area contributed by atoms with Gasteiger partial charge in [-0.15, -0.1) is 24.0 Å². The van der Waals surface area contributed by atoms with E-state index in [0.29, 0.717) is 25.0 Å². The lowest BCUT2D eigenvalue weighted by molar-refractivity contribution is 0.305. The first-order chi connectivity index (χ1) is 13.6. The highest BCUT2D eigenvalue weighted by Gasteiger charge is 2.14. The Hall–Kier alpha value is -2.23. The summed E-state index contributed by atoms with van der Waals surface area (Å²) in [5, 5.41) is 6.68. The number of methoxy groups -OCH3 is 2. The number of aromatic nitrogens is 1. The van der Waals surface area contributed by atoms with Crippen molar-refractivity contribution in [2.75, 3.05) is 27.9 Å². The van der Waals surface area contributed by atoms with Crippen molar-refractivity contribution in [2.24, 2.45) is 4.99 Å². The number of hydrogen-bond acceptors (Lipinski definition) is 5. The van der Waals surface area contributed by atoms with Gasteiger partial charge in [-0.2, -0.15) is 0 Å². The highest BCUT2D eigenvalue weighted by atomic mass is 127. The molecule has 0 saturated carbocycles. The predicted molar refractivity (Wildman–Crippen MR) is 127 cm³/mol. The van der Waals surface area contributed by atoms with E-state index in [1.807, 2.05) is 37.3 Å². The van der Waals surface area contributed by atoms with E-state index >= 15 is 0 Å². The van der Waals surface area contributed by atoms with Gasteiger partial charge in [0.25, 0.3) is 0 Å².